The molecule has 1 aromatic carbocycles. The van der Waals surface area contributed by atoms with E-state index in [2.05, 4.69) is 24.0 Å². The Morgan fingerprint density at radius 2 is 1.90 bits per heavy atom. The van der Waals surface area contributed by atoms with Crippen LogP contribution in [-0.4, -0.2) is 45.6 Å². The molecule has 0 aliphatic carbocycles. The fourth-order valence-corrected chi connectivity index (χ4v) is 2.98. The molecule has 1 aliphatic heterocycles. The lowest BCUT2D eigenvalue weighted by Gasteiger charge is -2.20. The van der Waals surface area contributed by atoms with Crippen molar-refractivity contribution in [2.24, 2.45) is 5.73 Å². The van der Waals surface area contributed by atoms with Gasteiger partial charge in [-0.25, -0.2) is 0 Å². The van der Waals surface area contributed by atoms with Crippen molar-refractivity contribution in [1.82, 2.24) is 0 Å². The number of hydrogen-bond acceptors (Lipinski definition) is 4. The fraction of sp³-hybridized carbons (Fsp3) is 0.625. The number of methoxy groups -OCH3 is 2. The predicted octanol–water partition coefficient (Wildman–Crippen LogP) is 2.47. The van der Waals surface area contributed by atoms with Crippen LogP contribution in [0.3, 0.4) is 0 Å². The van der Waals surface area contributed by atoms with Gasteiger partial charge in [0.05, 0.1) is 0 Å². The van der Waals surface area contributed by atoms with Crippen LogP contribution >= 0.6 is 11.6 Å². The van der Waals surface area contributed by atoms with Crippen LogP contribution in [0.2, 0.25) is 5.02 Å². The van der Waals surface area contributed by atoms with E-state index in [0.717, 1.165) is 42.2 Å². The zero-order valence-electron chi connectivity index (χ0n) is 13.0. The number of nitrogens with zero attached hydrogens (tertiary/aromatic N) is 1. The van der Waals surface area contributed by atoms with Crippen molar-refractivity contribution in [1.29, 1.82) is 0 Å². The van der Waals surface area contributed by atoms with Gasteiger partial charge in [0.25, 0.3) is 0 Å². The normalized spacial score (nSPS) is 23.6. The minimum absolute atomic E-state index is 0.0990. The van der Waals surface area contributed by atoms with Gasteiger partial charge in [-0.1, -0.05) is 24.6 Å². The molecule has 0 bridgehead atoms. The minimum Gasteiger partial charge on any atom is -0.377 e. The Morgan fingerprint density at radius 1 is 1.29 bits per heavy atom. The maximum atomic E-state index is 6.40. The Kier molecular flexibility index (Phi) is 5.88. The lowest BCUT2D eigenvalue weighted by molar-refractivity contribution is -0.00461. The molecular weight excluding hydrogens is 288 g/mol. The second kappa shape index (κ2) is 7.45. The Balaban J connectivity index is 2.10. The van der Waals surface area contributed by atoms with Gasteiger partial charge in [0.2, 0.25) is 0 Å². The third-order valence-electron chi connectivity index (χ3n) is 4.23. The van der Waals surface area contributed by atoms with Gasteiger partial charge in [-0.2, -0.15) is 0 Å². The summed E-state index contributed by atoms with van der Waals surface area (Å²) in [5.74, 6) is 0. The van der Waals surface area contributed by atoms with Crippen LogP contribution in [0.25, 0.3) is 0 Å². The smallest absolute Gasteiger partial charge is 0.102 e. The highest BCUT2D eigenvalue weighted by Gasteiger charge is 2.33. The van der Waals surface area contributed by atoms with Crippen molar-refractivity contribution in [3.63, 3.8) is 0 Å². The molecule has 5 heteroatoms. The monoisotopic (exact) mass is 312 g/mol. The number of ether oxygens (including phenoxy) is 2. The molecule has 21 heavy (non-hydrogen) atoms. The largest absolute Gasteiger partial charge is 0.377 e. The third-order valence-corrected chi connectivity index (χ3v) is 4.58. The van der Waals surface area contributed by atoms with E-state index < -0.39 is 0 Å². The molecule has 1 aliphatic rings. The van der Waals surface area contributed by atoms with Crippen molar-refractivity contribution < 1.29 is 9.47 Å². The van der Waals surface area contributed by atoms with Gasteiger partial charge in [0.1, 0.15) is 12.2 Å². The van der Waals surface area contributed by atoms with Gasteiger partial charge >= 0.3 is 0 Å². The SMILES string of the molecule is CCC(N)Cc1ccc(N2CC(OC)C(OC)C2)cc1Cl. The zero-order valence-corrected chi connectivity index (χ0v) is 13.8. The van der Waals surface area contributed by atoms with Crippen LogP contribution in [0.5, 0.6) is 0 Å². The van der Waals surface area contributed by atoms with Gasteiger partial charge in [0, 0.05) is 44.1 Å². The van der Waals surface area contributed by atoms with Crippen molar-refractivity contribution in [3.8, 4) is 0 Å². The zero-order chi connectivity index (χ0) is 15.4. The molecular formula is C16H25ClN2O2. The van der Waals surface area contributed by atoms with E-state index in [1.807, 2.05) is 6.07 Å². The van der Waals surface area contributed by atoms with Gasteiger partial charge in [-0.3, -0.25) is 0 Å². The molecule has 1 saturated heterocycles. The quantitative estimate of drug-likeness (QED) is 0.876. The molecule has 0 radical (unpaired) electrons. The average molecular weight is 313 g/mol. The maximum absolute atomic E-state index is 6.40. The molecule has 3 atom stereocenters. The standard InChI is InChI=1S/C16H25ClN2O2/c1-4-12(18)7-11-5-6-13(8-14(11)17)19-9-15(20-2)16(10-19)21-3/h5-6,8,12,15-16H,4,7,9-10,18H2,1-3H3. The second-order valence-corrected chi connectivity index (χ2v) is 6.01. The van der Waals surface area contributed by atoms with Crippen LogP contribution < -0.4 is 10.6 Å². The molecule has 0 aromatic heterocycles. The first-order chi connectivity index (χ1) is 10.1. The summed E-state index contributed by atoms with van der Waals surface area (Å²) in [6, 6.07) is 6.36. The van der Waals surface area contributed by atoms with Gasteiger partial charge < -0.3 is 20.1 Å². The van der Waals surface area contributed by atoms with E-state index in [4.69, 9.17) is 26.8 Å². The van der Waals surface area contributed by atoms with Crippen molar-refractivity contribution in [2.75, 3.05) is 32.2 Å². The molecule has 3 unspecified atom stereocenters. The molecule has 0 amide bonds. The summed E-state index contributed by atoms with van der Waals surface area (Å²) in [6.07, 6.45) is 1.97. The van der Waals surface area contributed by atoms with E-state index in [0.29, 0.717) is 0 Å². The molecule has 1 fully saturated rings. The minimum atomic E-state index is 0.0990. The van der Waals surface area contributed by atoms with Crippen LogP contribution in [0.1, 0.15) is 18.9 Å². The number of benzene rings is 1. The Bertz CT molecular complexity index is 458. The van der Waals surface area contributed by atoms with Crippen LogP contribution in [0.15, 0.2) is 18.2 Å². The average Bonchev–Trinajstić information content (AvgIpc) is 2.92. The first-order valence-corrected chi connectivity index (χ1v) is 7.81. The molecule has 0 spiro atoms. The molecule has 2 N–H and O–H groups in total. The number of hydrogen-bond donors (Lipinski definition) is 1. The van der Waals surface area contributed by atoms with Gasteiger partial charge in [0.15, 0.2) is 0 Å². The van der Waals surface area contributed by atoms with Gasteiger partial charge in [-0.05, 0) is 30.5 Å². The predicted molar refractivity (Wildman–Crippen MR) is 87.2 cm³/mol. The molecule has 4 nitrogen and oxygen atoms in total. The topological polar surface area (TPSA) is 47.7 Å². The van der Waals surface area contributed by atoms with E-state index >= 15 is 0 Å². The van der Waals surface area contributed by atoms with E-state index in [1.165, 1.54) is 0 Å². The molecule has 1 aromatic rings. The summed E-state index contributed by atoms with van der Waals surface area (Å²) in [6.45, 7) is 3.73. The molecule has 0 saturated carbocycles. The lowest BCUT2D eigenvalue weighted by atomic mass is 10.0. The Labute approximate surface area is 132 Å². The van der Waals surface area contributed by atoms with Crippen molar-refractivity contribution in [2.45, 2.75) is 38.0 Å². The first-order valence-electron chi connectivity index (χ1n) is 7.43. The number of anilines is 1. The number of halogens is 1. The summed E-state index contributed by atoms with van der Waals surface area (Å²) >= 11 is 6.40. The van der Waals surface area contributed by atoms with E-state index in [9.17, 15) is 0 Å². The number of rotatable bonds is 6. The Hall–Kier alpha value is -0.810. The Morgan fingerprint density at radius 3 is 2.38 bits per heavy atom. The molecule has 118 valence electrons. The van der Waals surface area contributed by atoms with Crippen LogP contribution in [-0.2, 0) is 15.9 Å². The summed E-state index contributed by atoms with van der Waals surface area (Å²) in [5, 5.41) is 0.784. The van der Waals surface area contributed by atoms with Crippen molar-refractivity contribution in [3.05, 3.63) is 28.8 Å². The summed E-state index contributed by atoms with van der Waals surface area (Å²) in [7, 11) is 3.45. The van der Waals surface area contributed by atoms with E-state index in [1.54, 1.807) is 14.2 Å². The molecule has 1 heterocycles. The highest BCUT2D eigenvalue weighted by atomic mass is 35.5. The summed E-state index contributed by atoms with van der Waals surface area (Å²) in [4.78, 5) is 2.25. The van der Waals surface area contributed by atoms with Gasteiger partial charge in [-0.15, -0.1) is 0 Å². The highest BCUT2D eigenvalue weighted by molar-refractivity contribution is 6.31. The summed E-state index contributed by atoms with van der Waals surface area (Å²) in [5.41, 5.74) is 8.22. The second-order valence-electron chi connectivity index (χ2n) is 5.60. The highest BCUT2D eigenvalue weighted by Crippen LogP contribution is 2.28. The first kappa shape index (κ1) is 16.6. The lowest BCUT2D eigenvalue weighted by Crippen LogP contribution is -2.27. The van der Waals surface area contributed by atoms with E-state index in [-0.39, 0.29) is 18.2 Å². The van der Waals surface area contributed by atoms with Crippen LogP contribution in [0, 0.1) is 0 Å². The molecule has 2 rings (SSSR count). The van der Waals surface area contributed by atoms with Crippen LogP contribution in [0.4, 0.5) is 5.69 Å². The fourth-order valence-electron chi connectivity index (χ4n) is 2.73. The maximum Gasteiger partial charge on any atom is 0.102 e. The number of nitrogens with two attached hydrogens (primary N) is 1. The van der Waals surface area contributed by atoms with Crippen molar-refractivity contribution >= 4 is 17.3 Å². The summed E-state index contributed by atoms with van der Waals surface area (Å²) < 4.78 is 10.9. The third kappa shape index (κ3) is 3.89.